The zero-order valence-corrected chi connectivity index (χ0v) is 16.7. The molecule has 1 amide bonds. The van der Waals surface area contributed by atoms with Gasteiger partial charge in [0.2, 0.25) is 0 Å². The Morgan fingerprint density at radius 3 is 2.59 bits per heavy atom. The molecule has 2 aromatic carbocycles. The number of methoxy groups -OCH3 is 2. The van der Waals surface area contributed by atoms with Crippen LogP contribution in [-0.4, -0.2) is 31.6 Å². The minimum Gasteiger partial charge on any atom is -0.493 e. The molecule has 1 atom stereocenters. The summed E-state index contributed by atoms with van der Waals surface area (Å²) in [5.41, 5.74) is 1.92. The lowest BCUT2D eigenvalue weighted by Gasteiger charge is -2.38. The number of nitrogens with zero attached hydrogens (tertiary/aromatic N) is 1. The van der Waals surface area contributed by atoms with Crippen LogP contribution in [0.15, 0.2) is 53.1 Å². The highest BCUT2D eigenvalue weighted by Crippen LogP contribution is 2.44. The fourth-order valence-corrected chi connectivity index (χ4v) is 4.06. The van der Waals surface area contributed by atoms with Gasteiger partial charge in [-0.15, -0.1) is 0 Å². The Balaban J connectivity index is 1.92. The third-order valence-corrected chi connectivity index (χ3v) is 5.47. The van der Waals surface area contributed by atoms with Crippen LogP contribution in [0.25, 0.3) is 0 Å². The van der Waals surface area contributed by atoms with E-state index in [1.807, 2.05) is 6.07 Å². The molecule has 150 valence electrons. The molecular formula is C22H19ClFNO4. The van der Waals surface area contributed by atoms with E-state index >= 15 is 0 Å². The Hall–Kier alpha value is -2.99. The van der Waals surface area contributed by atoms with E-state index in [0.29, 0.717) is 24.5 Å². The molecule has 0 spiro atoms. The zero-order valence-electron chi connectivity index (χ0n) is 15.9. The number of carbonyl (C=O) groups excluding carboxylic acids is 1. The molecule has 0 N–H and O–H groups in total. The lowest BCUT2D eigenvalue weighted by Crippen LogP contribution is -2.41. The van der Waals surface area contributed by atoms with E-state index in [1.165, 1.54) is 25.5 Å². The number of ether oxygens (including phenoxy) is 2. The normalized spacial score (nSPS) is 15.7. The van der Waals surface area contributed by atoms with E-state index in [2.05, 4.69) is 0 Å². The number of fused-ring (bicyclic) bond motifs is 1. The summed E-state index contributed by atoms with van der Waals surface area (Å²) in [6.45, 7) is 0.372. The number of halogens is 2. The van der Waals surface area contributed by atoms with Crippen molar-refractivity contribution >= 4 is 17.5 Å². The minimum atomic E-state index is -0.732. The third kappa shape index (κ3) is 3.34. The van der Waals surface area contributed by atoms with Gasteiger partial charge in [0.15, 0.2) is 17.3 Å². The number of hydrogen-bond donors (Lipinski definition) is 0. The quantitative estimate of drug-likeness (QED) is 0.609. The van der Waals surface area contributed by atoms with Crippen molar-refractivity contribution in [3.8, 4) is 11.5 Å². The van der Waals surface area contributed by atoms with Gasteiger partial charge < -0.3 is 18.8 Å². The standard InChI is InChI=1S/C22H19ClFNO4/c1-27-18-11-13-8-9-25(22(26)17-7-4-10-29-17)21(14(13)12-19(18)28-2)20-15(23)5-3-6-16(20)24/h3-7,10-12,21H,8-9H2,1-2H3. The largest absolute Gasteiger partial charge is 0.493 e. The van der Waals surface area contributed by atoms with Gasteiger partial charge in [-0.1, -0.05) is 17.7 Å². The van der Waals surface area contributed by atoms with Crippen LogP contribution in [0.2, 0.25) is 5.02 Å². The first-order valence-corrected chi connectivity index (χ1v) is 9.46. The molecule has 0 saturated heterocycles. The van der Waals surface area contributed by atoms with Gasteiger partial charge in [0.05, 0.1) is 26.5 Å². The Morgan fingerprint density at radius 2 is 1.93 bits per heavy atom. The fraction of sp³-hybridized carbons (Fsp3) is 0.227. The van der Waals surface area contributed by atoms with E-state index < -0.39 is 11.9 Å². The molecule has 7 heteroatoms. The first-order chi connectivity index (χ1) is 14.0. The van der Waals surface area contributed by atoms with Crippen LogP contribution in [0.1, 0.15) is 33.3 Å². The number of carbonyl (C=O) groups is 1. The number of rotatable bonds is 4. The molecule has 1 aromatic heterocycles. The second-order valence-corrected chi connectivity index (χ2v) is 7.08. The first-order valence-electron chi connectivity index (χ1n) is 9.08. The van der Waals surface area contributed by atoms with E-state index in [9.17, 15) is 9.18 Å². The molecule has 0 radical (unpaired) electrons. The molecular weight excluding hydrogens is 397 g/mol. The van der Waals surface area contributed by atoms with Crippen molar-refractivity contribution in [1.82, 2.24) is 4.90 Å². The molecule has 29 heavy (non-hydrogen) atoms. The second-order valence-electron chi connectivity index (χ2n) is 6.67. The highest BCUT2D eigenvalue weighted by atomic mass is 35.5. The van der Waals surface area contributed by atoms with Gasteiger partial charge in [-0.3, -0.25) is 4.79 Å². The summed E-state index contributed by atoms with van der Waals surface area (Å²) in [7, 11) is 3.09. The monoisotopic (exact) mass is 415 g/mol. The Kier molecular flexibility index (Phi) is 5.20. The molecule has 0 aliphatic carbocycles. The van der Waals surface area contributed by atoms with Crippen LogP contribution < -0.4 is 9.47 Å². The smallest absolute Gasteiger partial charge is 0.290 e. The van der Waals surface area contributed by atoms with Gasteiger partial charge in [0, 0.05) is 17.1 Å². The summed E-state index contributed by atoms with van der Waals surface area (Å²) in [6, 6.07) is 10.6. The highest BCUT2D eigenvalue weighted by Gasteiger charge is 2.37. The average molecular weight is 416 g/mol. The Bertz CT molecular complexity index is 1030. The number of amides is 1. The van der Waals surface area contributed by atoms with E-state index in [4.69, 9.17) is 25.5 Å². The molecule has 0 saturated carbocycles. The summed E-state index contributed by atoms with van der Waals surface area (Å²) in [4.78, 5) is 14.7. The molecule has 4 rings (SSSR count). The molecule has 5 nitrogen and oxygen atoms in total. The van der Waals surface area contributed by atoms with Crippen molar-refractivity contribution in [2.75, 3.05) is 20.8 Å². The van der Waals surface area contributed by atoms with Crippen LogP contribution >= 0.6 is 11.6 Å². The summed E-state index contributed by atoms with van der Waals surface area (Å²) < 4.78 is 31.1. The van der Waals surface area contributed by atoms with Crippen molar-refractivity contribution < 1.29 is 23.1 Å². The topological polar surface area (TPSA) is 51.9 Å². The van der Waals surface area contributed by atoms with Gasteiger partial charge in [0.1, 0.15) is 5.82 Å². The van der Waals surface area contributed by atoms with Crippen molar-refractivity contribution in [2.45, 2.75) is 12.5 Å². The van der Waals surface area contributed by atoms with Gasteiger partial charge in [-0.05, 0) is 53.9 Å². The van der Waals surface area contributed by atoms with Gasteiger partial charge in [0.25, 0.3) is 5.91 Å². The SMILES string of the molecule is COc1cc2c(cc1OC)C(c1c(F)cccc1Cl)N(C(=O)c1ccco1)CC2. The molecule has 0 bridgehead atoms. The van der Waals surface area contributed by atoms with Gasteiger partial charge in [-0.25, -0.2) is 4.39 Å². The number of benzene rings is 2. The van der Waals surface area contributed by atoms with E-state index in [-0.39, 0.29) is 22.3 Å². The number of hydrogen-bond acceptors (Lipinski definition) is 4. The van der Waals surface area contributed by atoms with E-state index in [1.54, 1.807) is 36.3 Å². The van der Waals surface area contributed by atoms with E-state index in [0.717, 1.165) is 11.1 Å². The van der Waals surface area contributed by atoms with Crippen LogP contribution in [0, 0.1) is 5.82 Å². The number of furan rings is 1. The maximum absolute atomic E-state index is 14.9. The van der Waals surface area contributed by atoms with Crippen molar-refractivity contribution in [3.05, 3.63) is 82.0 Å². The Labute approximate surface area is 172 Å². The fourth-order valence-electron chi connectivity index (χ4n) is 3.79. The summed E-state index contributed by atoms with van der Waals surface area (Å²) in [5.74, 6) is 0.444. The maximum Gasteiger partial charge on any atom is 0.290 e. The second kappa shape index (κ2) is 7.79. The molecule has 1 aliphatic rings. The molecule has 2 heterocycles. The van der Waals surface area contributed by atoms with Crippen LogP contribution in [0.5, 0.6) is 11.5 Å². The zero-order chi connectivity index (χ0) is 20.5. The summed E-state index contributed by atoms with van der Waals surface area (Å²) in [6.07, 6.45) is 2.01. The Morgan fingerprint density at radius 1 is 1.17 bits per heavy atom. The van der Waals surface area contributed by atoms with Gasteiger partial charge >= 0.3 is 0 Å². The molecule has 1 unspecified atom stereocenters. The highest BCUT2D eigenvalue weighted by molar-refractivity contribution is 6.31. The minimum absolute atomic E-state index is 0.186. The van der Waals surface area contributed by atoms with Crippen LogP contribution in [-0.2, 0) is 6.42 Å². The van der Waals surface area contributed by atoms with Crippen molar-refractivity contribution in [3.63, 3.8) is 0 Å². The molecule has 1 aliphatic heterocycles. The van der Waals surface area contributed by atoms with Crippen molar-refractivity contribution in [2.24, 2.45) is 0 Å². The van der Waals surface area contributed by atoms with Gasteiger partial charge in [-0.2, -0.15) is 0 Å². The summed E-state index contributed by atoms with van der Waals surface area (Å²) >= 11 is 6.40. The predicted molar refractivity (Wildman–Crippen MR) is 106 cm³/mol. The third-order valence-electron chi connectivity index (χ3n) is 5.14. The van der Waals surface area contributed by atoms with Crippen LogP contribution in [0.3, 0.4) is 0 Å². The van der Waals surface area contributed by atoms with Crippen LogP contribution in [0.4, 0.5) is 4.39 Å². The molecule has 0 fully saturated rings. The predicted octanol–water partition coefficient (Wildman–Crippen LogP) is 4.88. The van der Waals surface area contributed by atoms with Crippen molar-refractivity contribution in [1.29, 1.82) is 0 Å². The maximum atomic E-state index is 14.9. The molecule has 3 aromatic rings. The summed E-state index contributed by atoms with van der Waals surface area (Å²) in [5, 5.41) is 0.245. The average Bonchev–Trinajstić information content (AvgIpc) is 3.27. The lowest BCUT2D eigenvalue weighted by atomic mass is 9.87. The first kappa shape index (κ1) is 19.3. The lowest BCUT2D eigenvalue weighted by molar-refractivity contribution is 0.0659.